The summed E-state index contributed by atoms with van der Waals surface area (Å²) in [5.41, 5.74) is 10.4. The molecule has 0 aromatic carbocycles. The lowest BCUT2D eigenvalue weighted by Crippen LogP contribution is -2.34. The molecule has 0 atom stereocenters. The highest BCUT2D eigenvalue weighted by atomic mass is 19.3. The van der Waals surface area contributed by atoms with Crippen LogP contribution in [-0.2, 0) is 0 Å². The van der Waals surface area contributed by atoms with E-state index in [1.54, 1.807) is 0 Å². The molecular formula is C11H24F2N2. The lowest BCUT2D eigenvalue weighted by molar-refractivity contribution is -0.00903. The van der Waals surface area contributed by atoms with Crippen LogP contribution in [0, 0.1) is 5.92 Å². The normalized spacial score (nSPS) is 13.1. The zero-order chi connectivity index (χ0) is 12.6. The van der Waals surface area contributed by atoms with E-state index in [0.717, 1.165) is 6.42 Å². The van der Waals surface area contributed by atoms with E-state index in [-0.39, 0.29) is 5.70 Å². The molecular weight excluding hydrogens is 198 g/mol. The first-order valence-corrected chi connectivity index (χ1v) is 5.46. The molecule has 0 radical (unpaired) electrons. The van der Waals surface area contributed by atoms with Crippen molar-refractivity contribution in [2.75, 3.05) is 0 Å². The van der Waals surface area contributed by atoms with Crippen molar-refractivity contribution in [2.24, 2.45) is 17.4 Å². The number of halogens is 2. The molecule has 0 rings (SSSR count). The van der Waals surface area contributed by atoms with Crippen molar-refractivity contribution >= 4 is 0 Å². The Bertz CT molecular complexity index is 199. The average Bonchev–Trinajstić information content (AvgIpc) is 2.19. The maximum atomic E-state index is 13.3. The van der Waals surface area contributed by atoms with E-state index in [9.17, 15) is 8.78 Å². The summed E-state index contributed by atoms with van der Waals surface area (Å²) in [5, 5.41) is 0. The SMILES string of the molecule is CC.CCC/C(N)=C(/N)C(F)(F)C(C)C. The van der Waals surface area contributed by atoms with Crippen LogP contribution in [0.4, 0.5) is 8.78 Å². The summed E-state index contributed by atoms with van der Waals surface area (Å²) in [6.07, 6.45) is 1.15. The summed E-state index contributed by atoms with van der Waals surface area (Å²) in [7, 11) is 0. The van der Waals surface area contributed by atoms with Crippen LogP contribution >= 0.6 is 0 Å². The van der Waals surface area contributed by atoms with Gasteiger partial charge in [0.25, 0.3) is 5.92 Å². The van der Waals surface area contributed by atoms with Crippen LogP contribution in [0.1, 0.15) is 47.5 Å². The predicted molar refractivity (Wildman–Crippen MR) is 61.4 cm³/mol. The number of hydrogen-bond acceptors (Lipinski definition) is 2. The van der Waals surface area contributed by atoms with E-state index in [0.29, 0.717) is 6.42 Å². The summed E-state index contributed by atoms with van der Waals surface area (Å²) in [4.78, 5) is 0. The van der Waals surface area contributed by atoms with E-state index >= 15 is 0 Å². The van der Waals surface area contributed by atoms with Gasteiger partial charge in [0.2, 0.25) is 0 Å². The number of hydrogen-bond donors (Lipinski definition) is 2. The molecule has 4 N–H and O–H groups in total. The first-order chi connectivity index (χ1) is 6.84. The van der Waals surface area contributed by atoms with Gasteiger partial charge >= 0.3 is 0 Å². The quantitative estimate of drug-likeness (QED) is 0.767. The highest BCUT2D eigenvalue weighted by Gasteiger charge is 2.37. The van der Waals surface area contributed by atoms with Crippen LogP contribution in [-0.4, -0.2) is 5.92 Å². The summed E-state index contributed by atoms with van der Waals surface area (Å²) < 4.78 is 26.5. The molecule has 92 valence electrons. The lowest BCUT2D eigenvalue weighted by Gasteiger charge is -2.22. The third-order valence-corrected chi connectivity index (χ3v) is 1.95. The Morgan fingerprint density at radius 2 is 1.60 bits per heavy atom. The minimum absolute atomic E-state index is 0.112. The van der Waals surface area contributed by atoms with Crippen molar-refractivity contribution in [1.29, 1.82) is 0 Å². The molecule has 15 heavy (non-hydrogen) atoms. The molecule has 0 saturated heterocycles. The van der Waals surface area contributed by atoms with Crippen molar-refractivity contribution in [2.45, 2.75) is 53.4 Å². The summed E-state index contributed by atoms with van der Waals surface area (Å²) in [6.45, 7) is 8.71. The third-order valence-electron chi connectivity index (χ3n) is 1.95. The van der Waals surface area contributed by atoms with Gasteiger partial charge in [0, 0.05) is 11.6 Å². The van der Waals surface area contributed by atoms with Gasteiger partial charge in [-0.1, -0.05) is 41.0 Å². The molecule has 0 fully saturated rings. The minimum Gasteiger partial charge on any atom is -0.400 e. The molecule has 0 heterocycles. The topological polar surface area (TPSA) is 52.0 Å². The first-order valence-electron chi connectivity index (χ1n) is 5.46. The second kappa shape index (κ2) is 7.49. The fourth-order valence-corrected chi connectivity index (χ4v) is 0.929. The lowest BCUT2D eigenvalue weighted by atomic mass is 10.0. The Morgan fingerprint density at radius 1 is 1.20 bits per heavy atom. The number of rotatable bonds is 4. The van der Waals surface area contributed by atoms with Gasteiger partial charge in [-0.3, -0.25) is 0 Å². The molecule has 0 bridgehead atoms. The first kappa shape index (κ1) is 16.6. The number of nitrogens with two attached hydrogens (primary N) is 2. The van der Waals surface area contributed by atoms with Crippen LogP contribution in [0.5, 0.6) is 0 Å². The van der Waals surface area contributed by atoms with E-state index in [4.69, 9.17) is 11.5 Å². The fourth-order valence-electron chi connectivity index (χ4n) is 0.929. The smallest absolute Gasteiger partial charge is 0.290 e. The summed E-state index contributed by atoms with van der Waals surface area (Å²) in [6, 6.07) is 0. The number of allylic oxidation sites excluding steroid dienone is 2. The van der Waals surface area contributed by atoms with E-state index in [2.05, 4.69) is 0 Å². The van der Waals surface area contributed by atoms with Crippen LogP contribution in [0.15, 0.2) is 11.4 Å². The molecule has 0 unspecified atom stereocenters. The molecule has 0 aliphatic carbocycles. The van der Waals surface area contributed by atoms with Crippen LogP contribution < -0.4 is 11.5 Å². The zero-order valence-corrected chi connectivity index (χ0v) is 10.4. The van der Waals surface area contributed by atoms with Crippen molar-refractivity contribution < 1.29 is 8.78 Å². The Morgan fingerprint density at radius 3 is 1.87 bits per heavy atom. The van der Waals surface area contributed by atoms with E-state index in [1.807, 2.05) is 20.8 Å². The van der Waals surface area contributed by atoms with Crippen LogP contribution in [0.25, 0.3) is 0 Å². The third kappa shape index (κ3) is 5.00. The van der Waals surface area contributed by atoms with Crippen molar-refractivity contribution in [3.05, 3.63) is 11.4 Å². The van der Waals surface area contributed by atoms with Gasteiger partial charge in [-0.05, 0) is 6.42 Å². The molecule has 0 aromatic rings. The maximum Gasteiger partial charge on any atom is 0.290 e. The van der Waals surface area contributed by atoms with Gasteiger partial charge in [-0.15, -0.1) is 0 Å². The Labute approximate surface area is 91.7 Å². The van der Waals surface area contributed by atoms with Gasteiger partial charge in [-0.25, -0.2) is 0 Å². The fraction of sp³-hybridized carbons (Fsp3) is 0.818. The Hall–Kier alpha value is -0.800. The largest absolute Gasteiger partial charge is 0.400 e. The molecule has 0 aliphatic heterocycles. The zero-order valence-electron chi connectivity index (χ0n) is 10.4. The minimum atomic E-state index is -2.99. The second-order valence-corrected chi connectivity index (χ2v) is 3.47. The van der Waals surface area contributed by atoms with Gasteiger partial charge in [-0.2, -0.15) is 8.78 Å². The Balaban J connectivity index is 0. The van der Waals surface area contributed by atoms with Crippen molar-refractivity contribution in [3.63, 3.8) is 0 Å². The molecule has 0 amide bonds. The molecule has 0 aromatic heterocycles. The molecule has 4 heteroatoms. The summed E-state index contributed by atoms with van der Waals surface area (Å²) >= 11 is 0. The van der Waals surface area contributed by atoms with Crippen molar-refractivity contribution in [3.8, 4) is 0 Å². The molecule has 2 nitrogen and oxygen atoms in total. The second-order valence-electron chi connectivity index (χ2n) is 3.47. The monoisotopic (exact) mass is 222 g/mol. The predicted octanol–water partition coefficient (Wildman–Crippen LogP) is 3.23. The molecule has 0 aliphatic rings. The molecule has 0 spiro atoms. The summed E-state index contributed by atoms with van der Waals surface area (Å²) in [5.74, 6) is -3.80. The van der Waals surface area contributed by atoms with Gasteiger partial charge in [0.1, 0.15) is 0 Å². The van der Waals surface area contributed by atoms with Gasteiger partial charge < -0.3 is 11.5 Å². The van der Waals surface area contributed by atoms with E-state index < -0.39 is 17.5 Å². The van der Waals surface area contributed by atoms with Crippen LogP contribution in [0.2, 0.25) is 0 Å². The van der Waals surface area contributed by atoms with Gasteiger partial charge in [0.05, 0.1) is 5.70 Å². The van der Waals surface area contributed by atoms with E-state index in [1.165, 1.54) is 13.8 Å². The van der Waals surface area contributed by atoms with Gasteiger partial charge in [0.15, 0.2) is 0 Å². The van der Waals surface area contributed by atoms with Crippen molar-refractivity contribution in [1.82, 2.24) is 0 Å². The maximum absolute atomic E-state index is 13.3. The highest BCUT2D eigenvalue weighted by molar-refractivity contribution is 5.16. The number of alkyl halides is 2. The Kier molecular flexibility index (Phi) is 8.30. The standard InChI is InChI=1S/C9H18F2N2.C2H6/c1-4-5-7(12)8(13)9(10,11)6(2)3;1-2/h6H,4-5,12-13H2,1-3H3;1-2H3/b8-7-;. The average molecular weight is 222 g/mol. The van der Waals surface area contributed by atoms with Crippen LogP contribution in [0.3, 0.4) is 0 Å². The highest BCUT2D eigenvalue weighted by Crippen LogP contribution is 2.30. The molecule has 0 saturated carbocycles.